The number of nitrogens with one attached hydrogen (secondary N) is 2. The molecular formula is C15H20N6. The first kappa shape index (κ1) is 12.8. The van der Waals surface area contributed by atoms with E-state index in [-0.39, 0.29) is 0 Å². The fourth-order valence-electron chi connectivity index (χ4n) is 3.41. The SMILES string of the molecule is c1cncc(Cc2nc(N3CC4CCCNC4C3)n[nH]2)c1. The van der Waals surface area contributed by atoms with Gasteiger partial charge in [0.2, 0.25) is 5.95 Å². The number of rotatable bonds is 3. The number of H-pyrrole nitrogens is 1. The number of anilines is 1. The van der Waals surface area contributed by atoms with Gasteiger partial charge in [0, 0.05) is 37.9 Å². The second kappa shape index (κ2) is 5.44. The number of hydrogen-bond donors (Lipinski definition) is 2. The third kappa shape index (κ3) is 2.63. The van der Waals surface area contributed by atoms with E-state index < -0.39 is 0 Å². The molecule has 21 heavy (non-hydrogen) atoms. The molecular weight excluding hydrogens is 264 g/mol. The van der Waals surface area contributed by atoms with Gasteiger partial charge in [0.25, 0.3) is 0 Å². The molecule has 2 aromatic heterocycles. The largest absolute Gasteiger partial charge is 0.338 e. The Morgan fingerprint density at radius 3 is 3.19 bits per heavy atom. The third-order valence-electron chi connectivity index (χ3n) is 4.50. The molecule has 2 aliphatic rings. The molecule has 0 bridgehead atoms. The summed E-state index contributed by atoms with van der Waals surface area (Å²) in [6.45, 7) is 3.24. The molecule has 0 aliphatic carbocycles. The Morgan fingerprint density at radius 2 is 2.33 bits per heavy atom. The molecule has 4 heterocycles. The zero-order chi connectivity index (χ0) is 14.1. The Kier molecular flexibility index (Phi) is 3.31. The first-order valence-corrected chi connectivity index (χ1v) is 7.67. The first-order chi connectivity index (χ1) is 10.4. The highest BCUT2D eigenvalue weighted by molar-refractivity contribution is 5.33. The summed E-state index contributed by atoms with van der Waals surface area (Å²) in [5.41, 5.74) is 1.15. The molecule has 2 aliphatic heterocycles. The summed E-state index contributed by atoms with van der Waals surface area (Å²) >= 11 is 0. The van der Waals surface area contributed by atoms with Gasteiger partial charge in [-0.15, -0.1) is 5.10 Å². The van der Waals surface area contributed by atoms with Crippen molar-refractivity contribution < 1.29 is 0 Å². The zero-order valence-electron chi connectivity index (χ0n) is 12.0. The Labute approximate surface area is 124 Å². The minimum Gasteiger partial charge on any atom is -0.338 e. The van der Waals surface area contributed by atoms with Crippen LogP contribution in [0.5, 0.6) is 0 Å². The summed E-state index contributed by atoms with van der Waals surface area (Å²) in [4.78, 5) is 11.1. The summed E-state index contributed by atoms with van der Waals surface area (Å²) < 4.78 is 0. The van der Waals surface area contributed by atoms with Gasteiger partial charge < -0.3 is 10.2 Å². The maximum Gasteiger partial charge on any atom is 0.244 e. The quantitative estimate of drug-likeness (QED) is 0.879. The molecule has 6 nitrogen and oxygen atoms in total. The Balaban J connectivity index is 1.45. The van der Waals surface area contributed by atoms with Crippen LogP contribution in [0.2, 0.25) is 0 Å². The van der Waals surface area contributed by atoms with E-state index in [9.17, 15) is 0 Å². The Hall–Kier alpha value is -1.95. The predicted octanol–water partition coefficient (Wildman–Crippen LogP) is 0.979. The number of piperidine rings is 1. The number of hydrogen-bond acceptors (Lipinski definition) is 5. The third-order valence-corrected chi connectivity index (χ3v) is 4.50. The number of aromatic amines is 1. The van der Waals surface area contributed by atoms with Crippen LogP contribution in [0.15, 0.2) is 24.5 Å². The van der Waals surface area contributed by atoms with Crippen molar-refractivity contribution in [3.63, 3.8) is 0 Å². The maximum absolute atomic E-state index is 4.65. The lowest BCUT2D eigenvalue weighted by Crippen LogP contribution is -2.40. The van der Waals surface area contributed by atoms with Gasteiger partial charge in [0.1, 0.15) is 5.82 Å². The van der Waals surface area contributed by atoms with E-state index in [1.807, 2.05) is 12.3 Å². The van der Waals surface area contributed by atoms with Crippen LogP contribution in [0, 0.1) is 5.92 Å². The number of aromatic nitrogens is 4. The molecule has 0 amide bonds. The van der Waals surface area contributed by atoms with Gasteiger partial charge in [-0.2, -0.15) is 4.98 Å². The highest BCUT2D eigenvalue weighted by Crippen LogP contribution is 2.27. The second-order valence-corrected chi connectivity index (χ2v) is 5.99. The van der Waals surface area contributed by atoms with Crippen LogP contribution >= 0.6 is 0 Å². The van der Waals surface area contributed by atoms with Crippen molar-refractivity contribution in [1.82, 2.24) is 25.5 Å². The van der Waals surface area contributed by atoms with Gasteiger partial charge in [0.15, 0.2) is 0 Å². The lowest BCUT2D eigenvalue weighted by Gasteiger charge is -2.24. The molecule has 6 heteroatoms. The summed E-state index contributed by atoms with van der Waals surface area (Å²) in [6.07, 6.45) is 7.01. The second-order valence-electron chi connectivity index (χ2n) is 5.99. The lowest BCUT2D eigenvalue weighted by molar-refractivity contribution is 0.340. The molecule has 2 N–H and O–H groups in total. The smallest absolute Gasteiger partial charge is 0.244 e. The molecule has 2 saturated heterocycles. The van der Waals surface area contributed by atoms with Crippen LogP contribution in [0.4, 0.5) is 5.95 Å². The summed E-state index contributed by atoms with van der Waals surface area (Å²) in [6, 6.07) is 4.62. The number of nitrogens with zero attached hydrogens (tertiary/aromatic N) is 4. The normalized spacial score (nSPS) is 25.0. The topological polar surface area (TPSA) is 69.7 Å². The predicted molar refractivity (Wildman–Crippen MR) is 80.2 cm³/mol. The Bertz CT molecular complexity index is 581. The van der Waals surface area contributed by atoms with Gasteiger partial charge in [-0.1, -0.05) is 6.07 Å². The van der Waals surface area contributed by atoms with Gasteiger partial charge in [-0.3, -0.25) is 10.1 Å². The van der Waals surface area contributed by atoms with Crippen LogP contribution < -0.4 is 10.2 Å². The van der Waals surface area contributed by atoms with E-state index in [0.29, 0.717) is 6.04 Å². The summed E-state index contributed by atoms with van der Waals surface area (Å²) in [5.74, 6) is 2.49. The van der Waals surface area contributed by atoms with E-state index in [4.69, 9.17) is 0 Å². The maximum atomic E-state index is 4.65. The van der Waals surface area contributed by atoms with Crippen LogP contribution in [0.3, 0.4) is 0 Å². The molecule has 0 radical (unpaired) electrons. The highest BCUT2D eigenvalue weighted by atomic mass is 15.4. The average molecular weight is 284 g/mol. The van der Waals surface area contributed by atoms with E-state index in [2.05, 4.69) is 36.4 Å². The van der Waals surface area contributed by atoms with Crippen LogP contribution in [-0.4, -0.2) is 45.8 Å². The minimum atomic E-state index is 0.610. The number of fused-ring (bicyclic) bond motifs is 1. The van der Waals surface area contributed by atoms with Crippen molar-refractivity contribution in [3.8, 4) is 0 Å². The fraction of sp³-hybridized carbons (Fsp3) is 0.533. The van der Waals surface area contributed by atoms with Crippen molar-refractivity contribution >= 4 is 5.95 Å². The van der Waals surface area contributed by atoms with Crippen LogP contribution in [0.25, 0.3) is 0 Å². The Morgan fingerprint density at radius 1 is 1.33 bits per heavy atom. The van der Waals surface area contributed by atoms with Gasteiger partial charge >= 0.3 is 0 Å². The van der Waals surface area contributed by atoms with E-state index in [1.165, 1.54) is 12.8 Å². The molecule has 0 aromatic carbocycles. The average Bonchev–Trinajstić information content (AvgIpc) is 3.14. The van der Waals surface area contributed by atoms with Crippen LogP contribution in [0.1, 0.15) is 24.2 Å². The van der Waals surface area contributed by atoms with Gasteiger partial charge in [0.05, 0.1) is 0 Å². The molecule has 2 fully saturated rings. The zero-order valence-corrected chi connectivity index (χ0v) is 12.0. The molecule has 2 atom stereocenters. The van der Waals surface area contributed by atoms with Gasteiger partial charge in [-0.05, 0) is 36.9 Å². The minimum absolute atomic E-state index is 0.610. The molecule has 2 unspecified atom stereocenters. The van der Waals surface area contributed by atoms with Crippen molar-refractivity contribution in [3.05, 3.63) is 35.9 Å². The molecule has 110 valence electrons. The van der Waals surface area contributed by atoms with Crippen molar-refractivity contribution in [2.24, 2.45) is 5.92 Å². The van der Waals surface area contributed by atoms with E-state index >= 15 is 0 Å². The highest BCUT2D eigenvalue weighted by Gasteiger charge is 2.35. The monoisotopic (exact) mass is 284 g/mol. The summed E-state index contributed by atoms with van der Waals surface area (Å²) in [5, 5.41) is 11.1. The molecule has 0 spiro atoms. The van der Waals surface area contributed by atoms with Gasteiger partial charge in [-0.25, -0.2) is 0 Å². The van der Waals surface area contributed by atoms with E-state index in [1.54, 1.807) is 6.20 Å². The van der Waals surface area contributed by atoms with Crippen LogP contribution in [-0.2, 0) is 6.42 Å². The molecule has 0 saturated carbocycles. The molecule has 4 rings (SSSR count). The standard InChI is InChI=1S/C15H20N6/c1-3-11(8-16-5-1)7-14-18-15(20-19-14)21-9-12-4-2-6-17-13(12)10-21/h1,3,5,8,12-13,17H,2,4,6-7,9-10H2,(H,18,19,20). The lowest BCUT2D eigenvalue weighted by atomic mass is 9.94. The summed E-state index contributed by atoms with van der Waals surface area (Å²) in [7, 11) is 0. The van der Waals surface area contributed by atoms with Crippen molar-refractivity contribution in [1.29, 1.82) is 0 Å². The molecule has 2 aromatic rings. The number of pyridine rings is 1. The van der Waals surface area contributed by atoms with Crippen molar-refractivity contribution in [2.45, 2.75) is 25.3 Å². The first-order valence-electron chi connectivity index (χ1n) is 7.67. The fourth-order valence-corrected chi connectivity index (χ4v) is 3.41. The van der Waals surface area contributed by atoms with E-state index in [0.717, 1.165) is 49.3 Å². The van der Waals surface area contributed by atoms with Crippen molar-refractivity contribution in [2.75, 3.05) is 24.5 Å².